The molecule has 0 saturated carbocycles. The van der Waals surface area contributed by atoms with Crippen molar-refractivity contribution in [3.8, 4) is 23.0 Å². The summed E-state index contributed by atoms with van der Waals surface area (Å²) >= 11 is 0. The summed E-state index contributed by atoms with van der Waals surface area (Å²) in [6.07, 6.45) is 0. The molecule has 0 aromatic heterocycles. The van der Waals surface area contributed by atoms with E-state index in [0.717, 1.165) is 0 Å². The molecule has 2 heterocycles. The normalized spacial score (nSPS) is 17.5. The SMILES string of the molecule is COc1cccc([C@H]2C(C(=O)O)=C(CO)Oc3cc4c(cc32)OCO4)c1. The Bertz CT molecular complexity index is 916. The fourth-order valence-corrected chi connectivity index (χ4v) is 3.28. The zero-order valence-corrected chi connectivity index (χ0v) is 13.9. The highest BCUT2D eigenvalue weighted by atomic mass is 16.7. The number of aliphatic carboxylic acids is 1. The number of rotatable bonds is 4. The lowest BCUT2D eigenvalue weighted by molar-refractivity contribution is -0.133. The highest BCUT2D eigenvalue weighted by Crippen LogP contribution is 2.48. The van der Waals surface area contributed by atoms with Crippen LogP contribution in [0, 0.1) is 0 Å². The van der Waals surface area contributed by atoms with Gasteiger partial charge in [-0.1, -0.05) is 12.1 Å². The van der Waals surface area contributed by atoms with Crippen LogP contribution in [0.15, 0.2) is 47.7 Å². The number of hydrogen-bond donors (Lipinski definition) is 2. The fourth-order valence-electron chi connectivity index (χ4n) is 3.28. The van der Waals surface area contributed by atoms with Gasteiger partial charge in [0.1, 0.15) is 23.9 Å². The standard InChI is InChI=1S/C19H16O7/c1-23-11-4-2-3-10(5-11)17-12-6-14-15(25-9-24-14)7-13(12)26-16(8-20)18(17)19(21)22/h2-7,17,20H,8-9H2,1H3,(H,21,22)/t17-/m1/s1. The molecule has 26 heavy (non-hydrogen) atoms. The monoisotopic (exact) mass is 356 g/mol. The van der Waals surface area contributed by atoms with Crippen molar-refractivity contribution in [3.05, 3.63) is 58.9 Å². The molecule has 0 radical (unpaired) electrons. The van der Waals surface area contributed by atoms with Gasteiger partial charge < -0.3 is 29.2 Å². The van der Waals surface area contributed by atoms with Gasteiger partial charge in [0.05, 0.1) is 12.7 Å². The average molecular weight is 356 g/mol. The third kappa shape index (κ3) is 2.53. The number of methoxy groups -OCH3 is 1. The van der Waals surface area contributed by atoms with Gasteiger partial charge in [-0.2, -0.15) is 0 Å². The minimum atomic E-state index is -1.16. The molecule has 2 N–H and O–H groups in total. The smallest absolute Gasteiger partial charge is 0.336 e. The maximum Gasteiger partial charge on any atom is 0.336 e. The van der Waals surface area contributed by atoms with E-state index in [0.29, 0.717) is 34.1 Å². The minimum absolute atomic E-state index is 0.00307. The van der Waals surface area contributed by atoms with E-state index >= 15 is 0 Å². The fraction of sp³-hybridized carbons (Fsp3) is 0.211. The molecule has 2 aromatic rings. The number of aliphatic hydroxyl groups excluding tert-OH is 1. The van der Waals surface area contributed by atoms with Gasteiger partial charge >= 0.3 is 5.97 Å². The first-order chi connectivity index (χ1) is 12.6. The maximum absolute atomic E-state index is 12.0. The average Bonchev–Trinajstić information content (AvgIpc) is 3.11. The van der Waals surface area contributed by atoms with Crippen LogP contribution in [-0.4, -0.2) is 36.7 Å². The molecular weight excluding hydrogens is 340 g/mol. The highest BCUT2D eigenvalue weighted by Gasteiger charge is 2.37. The number of fused-ring (bicyclic) bond motifs is 2. The number of carboxylic acid groups (broad SMARTS) is 1. The molecular formula is C19H16O7. The largest absolute Gasteiger partial charge is 0.497 e. The number of aliphatic hydroxyl groups is 1. The number of benzene rings is 2. The van der Waals surface area contributed by atoms with Crippen LogP contribution in [0.2, 0.25) is 0 Å². The molecule has 2 aromatic carbocycles. The summed E-state index contributed by atoms with van der Waals surface area (Å²) in [4.78, 5) is 12.0. The minimum Gasteiger partial charge on any atom is -0.497 e. The number of hydrogen-bond acceptors (Lipinski definition) is 6. The summed E-state index contributed by atoms with van der Waals surface area (Å²) < 4.78 is 21.7. The van der Waals surface area contributed by atoms with Gasteiger partial charge in [0.2, 0.25) is 6.79 Å². The summed E-state index contributed by atoms with van der Waals surface area (Å²) in [5.41, 5.74) is 1.31. The van der Waals surface area contributed by atoms with Crippen molar-refractivity contribution in [2.24, 2.45) is 0 Å². The number of carboxylic acids is 1. The lowest BCUT2D eigenvalue weighted by atomic mass is 9.82. The first-order valence-electron chi connectivity index (χ1n) is 7.95. The van der Waals surface area contributed by atoms with Gasteiger partial charge in [0.15, 0.2) is 11.5 Å². The Labute approximate surface area is 149 Å². The van der Waals surface area contributed by atoms with Crippen LogP contribution in [-0.2, 0) is 4.79 Å². The first-order valence-corrected chi connectivity index (χ1v) is 7.95. The van der Waals surface area contributed by atoms with Crippen LogP contribution < -0.4 is 18.9 Å². The van der Waals surface area contributed by atoms with E-state index in [2.05, 4.69) is 0 Å². The predicted molar refractivity (Wildman–Crippen MR) is 89.8 cm³/mol. The summed E-state index contributed by atoms with van der Waals surface area (Å²) in [6.45, 7) is -0.440. The second kappa shape index (κ2) is 6.27. The summed E-state index contributed by atoms with van der Waals surface area (Å²) in [5.74, 6) is 0.259. The molecule has 7 heteroatoms. The third-order valence-corrected chi connectivity index (χ3v) is 4.44. The topological polar surface area (TPSA) is 94.5 Å². The molecule has 2 aliphatic heterocycles. The summed E-state index contributed by atoms with van der Waals surface area (Å²) in [7, 11) is 1.54. The molecule has 2 aliphatic rings. The van der Waals surface area contributed by atoms with Crippen molar-refractivity contribution in [2.75, 3.05) is 20.5 Å². The van der Waals surface area contributed by atoms with Crippen LogP contribution >= 0.6 is 0 Å². The first kappa shape index (κ1) is 16.3. The van der Waals surface area contributed by atoms with Crippen molar-refractivity contribution in [1.82, 2.24) is 0 Å². The van der Waals surface area contributed by atoms with Gasteiger partial charge in [-0.05, 0) is 23.8 Å². The van der Waals surface area contributed by atoms with E-state index < -0.39 is 18.5 Å². The Hall–Kier alpha value is -3.19. The van der Waals surface area contributed by atoms with Crippen LogP contribution in [0.25, 0.3) is 0 Å². The predicted octanol–water partition coefficient (Wildman–Crippen LogP) is 2.28. The molecule has 7 nitrogen and oxygen atoms in total. The van der Waals surface area contributed by atoms with Crippen molar-refractivity contribution < 1.29 is 34.0 Å². The zero-order valence-electron chi connectivity index (χ0n) is 13.9. The van der Waals surface area contributed by atoms with E-state index in [1.54, 1.807) is 37.4 Å². The molecule has 134 valence electrons. The molecule has 0 unspecified atom stereocenters. The van der Waals surface area contributed by atoms with Gasteiger partial charge in [0.25, 0.3) is 0 Å². The van der Waals surface area contributed by atoms with Crippen LogP contribution in [0.1, 0.15) is 17.0 Å². The number of carbonyl (C=O) groups is 1. The Morgan fingerprint density at radius 3 is 2.65 bits per heavy atom. The molecule has 0 spiro atoms. The zero-order chi connectivity index (χ0) is 18.3. The third-order valence-electron chi connectivity index (χ3n) is 4.44. The maximum atomic E-state index is 12.0. The lowest BCUT2D eigenvalue weighted by Gasteiger charge is -2.29. The molecule has 0 saturated heterocycles. The molecule has 4 rings (SSSR count). The Morgan fingerprint density at radius 1 is 1.19 bits per heavy atom. The summed E-state index contributed by atoms with van der Waals surface area (Å²) in [6, 6.07) is 10.5. The molecule has 0 fully saturated rings. The molecule has 0 bridgehead atoms. The Kier molecular flexibility index (Phi) is 3.93. The van der Waals surface area contributed by atoms with Crippen molar-refractivity contribution >= 4 is 5.97 Å². The van der Waals surface area contributed by atoms with E-state index in [4.69, 9.17) is 18.9 Å². The lowest BCUT2D eigenvalue weighted by Crippen LogP contribution is -2.24. The van der Waals surface area contributed by atoms with Crippen LogP contribution in [0.5, 0.6) is 23.0 Å². The Balaban J connectivity index is 1.95. The molecule has 0 aliphatic carbocycles. The van der Waals surface area contributed by atoms with Crippen molar-refractivity contribution in [2.45, 2.75) is 5.92 Å². The highest BCUT2D eigenvalue weighted by molar-refractivity contribution is 5.91. The second-order valence-corrected chi connectivity index (χ2v) is 5.86. The number of ether oxygens (including phenoxy) is 4. The van der Waals surface area contributed by atoms with E-state index in [9.17, 15) is 15.0 Å². The van der Waals surface area contributed by atoms with E-state index in [1.165, 1.54) is 0 Å². The van der Waals surface area contributed by atoms with Gasteiger partial charge in [-0.15, -0.1) is 0 Å². The van der Waals surface area contributed by atoms with Gasteiger partial charge in [-0.25, -0.2) is 4.79 Å². The summed E-state index contributed by atoms with van der Waals surface area (Å²) in [5, 5.41) is 19.4. The van der Waals surface area contributed by atoms with Gasteiger partial charge in [0, 0.05) is 17.5 Å². The van der Waals surface area contributed by atoms with E-state index in [1.807, 2.05) is 6.07 Å². The van der Waals surface area contributed by atoms with E-state index in [-0.39, 0.29) is 18.1 Å². The van der Waals surface area contributed by atoms with Crippen molar-refractivity contribution in [3.63, 3.8) is 0 Å². The van der Waals surface area contributed by atoms with Gasteiger partial charge in [-0.3, -0.25) is 0 Å². The molecule has 0 amide bonds. The van der Waals surface area contributed by atoms with Crippen molar-refractivity contribution in [1.29, 1.82) is 0 Å². The van der Waals surface area contributed by atoms with Crippen LogP contribution in [0.4, 0.5) is 0 Å². The Morgan fingerprint density at radius 2 is 1.96 bits per heavy atom. The second-order valence-electron chi connectivity index (χ2n) is 5.86. The quantitative estimate of drug-likeness (QED) is 0.868. The molecule has 1 atom stereocenters. The van der Waals surface area contributed by atoms with Crippen LogP contribution in [0.3, 0.4) is 0 Å².